The van der Waals surface area contributed by atoms with Crippen LogP contribution in [0.3, 0.4) is 0 Å². The number of benzene rings is 2. The molecule has 1 saturated carbocycles. The first-order valence-corrected chi connectivity index (χ1v) is 12.5. The minimum absolute atomic E-state index is 0.0362. The Bertz CT molecular complexity index is 1590. The lowest BCUT2D eigenvalue weighted by Crippen LogP contribution is -2.27. The summed E-state index contributed by atoms with van der Waals surface area (Å²) in [6, 6.07) is 11.5. The molecular formula is C28H26F3N5O4. The average Bonchev–Trinajstić information content (AvgIpc) is 3.67. The normalized spacial score (nSPS) is 14.3. The molecule has 208 valence electrons. The van der Waals surface area contributed by atoms with Gasteiger partial charge in [0, 0.05) is 23.7 Å². The predicted molar refractivity (Wildman–Crippen MR) is 140 cm³/mol. The summed E-state index contributed by atoms with van der Waals surface area (Å²) in [6.07, 6.45) is -1.12. The average molecular weight is 555 g/mol. The minimum atomic E-state index is -4.84. The van der Waals surface area contributed by atoms with Gasteiger partial charge in [-0.2, -0.15) is 5.10 Å². The summed E-state index contributed by atoms with van der Waals surface area (Å²) >= 11 is 0. The number of carbonyl (C=O) groups excluding carboxylic acids is 2. The highest BCUT2D eigenvalue weighted by Crippen LogP contribution is 2.30. The van der Waals surface area contributed by atoms with Crippen molar-refractivity contribution in [3.63, 3.8) is 0 Å². The third kappa shape index (κ3) is 6.16. The van der Waals surface area contributed by atoms with Crippen molar-refractivity contribution >= 4 is 22.7 Å². The fraction of sp³-hybridized carbons (Fsp3) is 0.286. The molecule has 2 heterocycles. The Hall–Kier alpha value is -4.61. The fourth-order valence-corrected chi connectivity index (χ4v) is 4.24. The highest BCUT2D eigenvalue weighted by Gasteiger charge is 2.31. The number of nitrogens with zero attached hydrogens (tertiary/aromatic N) is 2. The zero-order chi connectivity index (χ0) is 29.1. The molecule has 3 N–H and O–H groups in total. The number of methoxy groups -OCH3 is 1. The molecule has 12 heteroatoms. The molecular weight excluding hydrogens is 527 g/mol. The van der Waals surface area contributed by atoms with Gasteiger partial charge in [0.05, 0.1) is 20.0 Å². The van der Waals surface area contributed by atoms with Gasteiger partial charge in [-0.05, 0) is 67.1 Å². The molecule has 4 aromatic rings. The van der Waals surface area contributed by atoms with Crippen molar-refractivity contribution in [3.05, 3.63) is 71.5 Å². The van der Waals surface area contributed by atoms with E-state index in [9.17, 15) is 22.8 Å². The number of amides is 2. The van der Waals surface area contributed by atoms with Gasteiger partial charge in [-0.1, -0.05) is 18.2 Å². The van der Waals surface area contributed by atoms with Crippen molar-refractivity contribution in [2.75, 3.05) is 13.6 Å². The molecule has 2 aromatic carbocycles. The van der Waals surface area contributed by atoms with E-state index in [0.717, 1.165) is 12.8 Å². The van der Waals surface area contributed by atoms with Crippen LogP contribution in [-0.4, -0.2) is 47.0 Å². The number of hydrogen-bond donors (Lipinski definition) is 3. The number of H-pyrrole nitrogens is 1. The summed E-state index contributed by atoms with van der Waals surface area (Å²) in [5, 5.41) is 13.3. The summed E-state index contributed by atoms with van der Waals surface area (Å²) < 4.78 is 54.5. The Morgan fingerprint density at radius 1 is 1.15 bits per heavy atom. The molecule has 40 heavy (non-hydrogen) atoms. The Morgan fingerprint density at radius 3 is 2.73 bits per heavy atom. The maximum atomic E-state index is 13.3. The number of hydrogen-bond acceptors (Lipinski definition) is 6. The van der Waals surface area contributed by atoms with Crippen LogP contribution in [0.25, 0.3) is 22.0 Å². The lowest BCUT2D eigenvalue weighted by molar-refractivity contribution is -0.274. The van der Waals surface area contributed by atoms with Crippen LogP contribution < -0.4 is 20.1 Å². The van der Waals surface area contributed by atoms with Gasteiger partial charge in [0.2, 0.25) is 5.88 Å². The first-order chi connectivity index (χ1) is 19.6. The topological polar surface area (TPSA) is 118 Å². The molecule has 1 aliphatic carbocycles. The van der Waals surface area contributed by atoms with Crippen LogP contribution in [0.15, 0.2) is 54.7 Å². The first kappa shape index (κ1) is 25.7. The van der Waals surface area contributed by atoms with Crippen LogP contribution in [-0.2, 0) is 0 Å². The van der Waals surface area contributed by atoms with E-state index in [2.05, 4.69) is 30.6 Å². The van der Waals surface area contributed by atoms with Crippen LogP contribution in [0.4, 0.5) is 13.2 Å². The highest BCUT2D eigenvalue weighted by atomic mass is 19.4. The maximum Gasteiger partial charge on any atom is 0.573 e. The summed E-state index contributed by atoms with van der Waals surface area (Å²) in [6.45, 7) is 2.23. The maximum absolute atomic E-state index is 13.3. The number of carbonyl (C=O) groups is 2. The number of aromatic amines is 1. The lowest BCUT2D eigenvalue weighted by Gasteiger charge is -2.17. The Labute approximate surface area is 228 Å². The van der Waals surface area contributed by atoms with Gasteiger partial charge in [-0.15, -0.1) is 13.2 Å². The Morgan fingerprint density at radius 2 is 1.98 bits per heavy atom. The number of rotatable bonds is 9. The van der Waals surface area contributed by atoms with E-state index in [1.54, 1.807) is 37.3 Å². The number of pyridine rings is 1. The smallest absolute Gasteiger partial charge is 0.480 e. The highest BCUT2D eigenvalue weighted by molar-refractivity contribution is 6.05. The van der Waals surface area contributed by atoms with E-state index in [0.29, 0.717) is 45.7 Å². The minimum Gasteiger partial charge on any atom is -0.480 e. The number of halogens is 3. The van der Waals surface area contributed by atoms with Crippen molar-refractivity contribution in [3.8, 4) is 22.8 Å². The van der Waals surface area contributed by atoms with Gasteiger partial charge in [0.15, 0.2) is 5.69 Å². The molecule has 2 amide bonds. The summed E-state index contributed by atoms with van der Waals surface area (Å²) in [4.78, 5) is 30.0. The second kappa shape index (κ2) is 10.9. The van der Waals surface area contributed by atoms with Crippen LogP contribution in [0.5, 0.6) is 11.6 Å². The predicted octanol–water partition coefficient (Wildman–Crippen LogP) is 5.16. The van der Waals surface area contributed by atoms with Crippen molar-refractivity contribution in [2.24, 2.45) is 5.92 Å². The molecule has 1 aliphatic rings. The van der Waals surface area contributed by atoms with Crippen molar-refractivity contribution in [1.82, 2.24) is 25.8 Å². The second-order valence-electron chi connectivity index (χ2n) is 9.52. The van der Waals surface area contributed by atoms with Crippen molar-refractivity contribution in [1.29, 1.82) is 0 Å². The van der Waals surface area contributed by atoms with Gasteiger partial charge in [-0.3, -0.25) is 14.7 Å². The number of fused-ring (bicyclic) bond motifs is 1. The van der Waals surface area contributed by atoms with E-state index < -0.39 is 31.1 Å². The van der Waals surface area contributed by atoms with Crippen molar-refractivity contribution < 1.29 is 33.6 Å². The molecule has 5 rings (SSSR count). The first-order valence-electron chi connectivity index (χ1n) is 13.2. The van der Waals surface area contributed by atoms with Crippen molar-refractivity contribution in [2.45, 2.75) is 32.2 Å². The number of ether oxygens (including phenoxy) is 2. The summed E-state index contributed by atoms with van der Waals surface area (Å²) in [5.74, 6) is -0.795. The largest absolute Gasteiger partial charge is 0.573 e. The molecule has 1 unspecified atom stereocenters. The summed E-state index contributed by atoms with van der Waals surface area (Å²) in [7, 11) is -0.481. The quantitative estimate of drug-likeness (QED) is 0.263. The van der Waals surface area contributed by atoms with Crippen LogP contribution in [0.1, 0.15) is 53.6 Å². The molecule has 1 fully saturated rings. The molecule has 1 atom stereocenters. The Kier molecular flexibility index (Phi) is 6.97. The lowest BCUT2D eigenvalue weighted by atomic mass is 10.0. The zero-order valence-electron chi connectivity index (χ0n) is 22.3. The van der Waals surface area contributed by atoms with Crippen LogP contribution in [0.2, 0.25) is 0 Å². The summed E-state index contributed by atoms with van der Waals surface area (Å²) in [5.41, 5.74) is 2.56. The van der Waals surface area contributed by atoms with Gasteiger partial charge < -0.3 is 20.1 Å². The van der Waals surface area contributed by atoms with E-state index >= 15 is 0 Å². The number of aromatic nitrogens is 3. The third-order valence-corrected chi connectivity index (χ3v) is 6.53. The molecule has 0 bridgehead atoms. The number of alkyl halides is 3. The number of nitrogens with one attached hydrogen (secondary N) is 3. The molecule has 0 saturated heterocycles. The van der Waals surface area contributed by atoms with E-state index in [1.807, 2.05) is 0 Å². The van der Waals surface area contributed by atoms with Crippen LogP contribution >= 0.6 is 0 Å². The second-order valence-corrected chi connectivity index (χ2v) is 9.52. The van der Waals surface area contributed by atoms with E-state index in [-0.39, 0.29) is 17.4 Å². The molecule has 2 aromatic heterocycles. The zero-order valence-corrected chi connectivity index (χ0v) is 21.3. The van der Waals surface area contributed by atoms with E-state index in [4.69, 9.17) is 6.11 Å². The standard InChI is InChI=1S/C28H26F3N5O4/c1-15(17-4-3-5-20(10-17)40-28(29,30)31)34-25(37)22-11-19(14-33-27(22)39-2)18-8-9-21-23(12-18)35-36-24(21)26(38)32-13-16-6-7-16/h3-5,8-12,14-16H,6-7,13H2,1-2H3,(H,32,38)(H,34,37)(H,35,36)/i2D. The van der Waals surface area contributed by atoms with Gasteiger partial charge >= 0.3 is 6.36 Å². The monoisotopic (exact) mass is 554 g/mol. The molecule has 0 radical (unpaired) electrons. The third-order valence-electron chi connectivity index (χ3n) is 6.53. The van der Waals surface area contributed by atoms with E-state index in [1.165, 1.54) is 24.4 Å². The van der Waals surface area contributed by atoms with Gasteiger partial charge in [-0.25, -0.2) is 4.98 Å². The fourth-order valence-electron chi connectivity index (χ4n) is 4.24. The van der Waals surface area contributed by atoms with Crippen LogP contribution in [0, 0.1) is 5.92 Å². The van der Waals surface area contributed by atoms with Gasteiger partial charge in [0.25, 0.3) is 11.8 Å². The van der Waals surface area contributed by atoms with Gasteiger partial charge in [0.1, 0.15) is 11.3 Å². The SMILES string of the molecule is [2H]COc1ncc(-c2ccc3c(C(=O)NCC4CC4)n[nH]c3c2)cc1C(=O)NC(C)c1cccc(OC(F)(F)F)c1. The Balaban J connectivity index is 1.37. The molecule has 0 spiro atoms. The molecule has 0 aliphatic heterocycles. The molecule has 9 nitrogen and oxygen atoms in total.